The van der Waals surface area contributed by atoms with Crippen LogP contribution in [0.1, 0.15) is 11.1 Å². The van der Waals surface area contributed by atoms with Crippen molar-refractivity contribution in [3.63, 3.8) is 0 Å². The van der Waals surface area contributed by atoms with Gasteiger partial charge in [-0.15, -0.1) is 0 Å². The molecule has 1 rings (SSSR count). The monoisotopic (exact) mass is 272 g/mol. The number of thioether (sulfide) groups is 2. The zero-order valence-electron chi connectivity index (χ0n) is 9.00. The minimum Gasteiger partial charge on any atom is -0.379 e. The van der Waals surface area contributed by atoms with Gasteiger partial charge in [0, 0.05) is 11.5 Å². The summed E-state index contributed by atoms with van der Waals surface area (Å²) in [5.74, 6) is 0.356. The van der Waals surface area contributed by atoms with Crippen LogP contribution in [0.25, 0.3) is 0 Å². The van der Waals surface area contributed by atoms with E-state index in [0.29, 0.717) is 22.6 Å². The summed E-state index contributed by atoms with van der Waals surface area (Å²) >= 11 is 2.16. The summed E-state index contributed by atoms with van der Waals surface area (Å²) in [5, 5.41) is 14.1. The van der Waals surface area contributed by atoms with Gasteiger partial charge in [-0.1, -0.05) is 41.7 Å². The van der Waals surface area contributed by atoms with Crippen molar-refractivity contribution in [3.8, 4) is 0 Å². The first-order valence-corrected chi connectivity index (χ1v) is 6.67. The Bertz CT molecular complexity index is 400. The number of amidine groups is 2. The van der Waals surface area contributed by atoms with E-state index in [4.69, 9.17) is 22.3 Å². The maximum Gasteiger partial charge on any atom is 0.151 e. The maximum atomic E-state index is 13.9. The number of hydrogen-bond acceptors (Lipinski definition) is 4. The van der Waals surface area contributed by atoms with Gasteiger partial charge in [-0.25, -0.2) is 4.39 Å². The smallest absolute Gasteiger partial charge is 0.151 e. The Hall–Kier alpha value is -1.21. The first-order valence-electron chi connectivity index (χ1n) is 4.70. The molecule has 0 amide bonds. The van der Waals surface area contributed by atoms with Crippen LogP contribution in [0.3, 0.4) is 0 Å². The fraction of sp³-hybridized carbons (Fsp3) is 0.200. The fourth-order valence-electron chi connectivity index (χ4n) is 1.17. The van der Waals surface area contributed by atoms with Crippen LogP contribution < -0.4 is 11.5 Å². The van der Waals surface area contributed by atoms with Crippen molar-refractivity contribution in [1.82, 2.24) is 0 Å². The molecule has 7 heteroatoms. The van der Waals surface area contributed by atoms with Gasteiger partial charge in [0.15, 0.2) is 10.3 Å². The van der Waals surface area contributed by atoms with Crippen LogP contribution in [0.5, 0.6) is 0 Å². The lowest BCUT2D eigenvalue weighted by Crippen LogP contribution is -2.06. The highest BCUT2D eigenvalue weighted by molar-refractivity contribution is 8.13. The Morgan fingerprint density at radius 2 is 1.47 bits per heavy atom. The second-order valence-corrected chi connectivity index (χ2v) is 5.23. The number of hydrogen-bond donors (Lipinski definition) is 4. The van der Waals surface area contributed by atoms with Crippen molar-refractivity contribution in [2.24, 2.45) is 11.5 Å². The van der Waals surface area contributed by atoms with Crippen LogP contribution in [-0.2, 0) is 11.5 Å². The van der Waals surface area contributed by atoms with Gasteiger partial charge < -0.3 is 11.5 Å². The van der Waals surface area contributed by atoms with Gasteiger partial charge in [0.25, 0.3) is 0 Å². The molecule has 0 bridgehead atoms. The molecule has 0 unspecified atom stereocenters. The van der Waals surface area contributed by atoms with Crippen LogP contribution in [0, 0.1) is 16.6 Å². The first kappa shape index (κ1) is 13.9. The molecule has 0 aliphatic rings. The molecule has 1 aromatic rings. The summed E-state index contributed by atoms with van der Waals surface area (Å²) in [6.45, 7) is 0. The third-order valence-corrected chi connectivity index (χ3v) is 3.46. The highest BCUT2D eigenvalue weighted by Gasteiger charge is 2.09. The van der Waals surface area contributed by atoms with Crippen LogP contribution in [0.15, 0.2) is 18.2 Å². The normalized spacial score (nSPS) is 10.2. The van der Waals surface area contributed by atoms with E-state index in [9.17, 15) is 4.39 Å². The second kappa shape index (κ2) is 6.51. The predicted molar refractivity (Wildman–Crippen MR) is 72.8 cm³/mol. The molecule has 0 aliphatic heterocycles. The molecular formula is C10H13FN4S2. The zero-order chi connectivity index (χ0) is 12.8. The number of halogens is 1. The second-order valence-electron chi connectivity index (χ2n) is 3.20. The molecule has 0 spiro atoms. The highest BCUT2D eigenvalue weighted by atomic mass is 32.2. The van der Waals surface area contributed by atoms with Gasteiger partial charge >= 0.3 is 0 Å². The summed E-state index contributed by atoms with van der Waals surface area (Å²) < 4.78 is 13.9. The molecule has 0 saturated carbocycles. The standard InChI is InChI=1S/C10H13FN4S2/c11-8-6(4-16-9(12)13)2-1-3-7(8)5-17-10(14)15/h1-3H,4-5H2,(H3,12,13)(H3,14,15). The van der Waals surface area contributed by atoms with Gasteiger partial charge in [0.05, 0.1) is 0 Å². The third kappa shape index (κ3) is 4.66. The average molecular weight is 272 g/mol. The Kier molecular flexibility index (Phi) is 5.30. The van der Waals surface area contributed by atoms with Gasteiger partial charge in [-0.2, -0.15) is 0 Å². The molecule has 4 nitrogen and oxygen atoms in total. The Morgan fingerprint density at radius 3 is 1.82 bits per heavy atom. The molecule has 0 fully saturated rings. The van der Waals surface area contributed by atoms with Crippen molar-refractivity contribution in [3.05, 3.63) is 35.1 Å². The lowest BCUT2D eigenvalue weighted by atomic mass is 10.1. The first-order chi connectivity index (χ1) is 8.00. The molecule has 0 atom stereocenters. The summed E-state index contributed by atoms with van der Waals surface area (Å²) in [4.78, 5) is 0. The van der Waals surface area contributed by atoms with E-state index < -0.39 is 0 Å². The van der Waals surface area contributed by atoms with Crippen molar-refractivity contribution in [1.29, 1.82) is 10.8 Å². The van der Waals surface area contributed by atoms with E-state index in [1.807, 2.05) is 0 Å². The molecule has 17 heavy (non-hydrogen) atoms. The van der Waals surface area contributed by atoms with Crippen LogP contribution in [0.4, 0.5) is 4.39 Å². The number of nitrogens with two attached hydrogens (primary N) is 2. The quantitative estimate of drug-likeness (QED) is 0.498. The maximum absolute atomic E-state index is 13.9. The minimum atomic E-state index is -0.310. The van der Waals surface area contributed by atoms with Crippen molar-refractivity contribution in [2.45, 2.75) is 11.5 Å². The topological polar surface area (TPSA) is 99.7 Å². The van der Waals surface area contributed by atoms with Crippen LogP contribution in [-0.4, -0.2) is 10.3 Å². The summed E-state index contributed by atoms with van der Waals surface area (Å²) in [5.41, 5.74) is 11.4. The van der Waals surface area contributed by atoms with Gasteiger partial charge in [-0.3, -0.25) is 10.8 Å². The Labute approximate surface area is 107 Å². The lowest BCUT2D eigenvalue weighted by Gasteiger charge is -2.07. The largest absolute Gasteiger partial charge is 0.379 e. The molecule has 0 aromatic heterocycles. The third-order valence-electron chi connectivity index (χ3n) is 1.93. The number of nitrogens with one attached hydrogen (secondary N) is 2. The van der Waals surface area contributed by atoms with E-state index in [-0.39, 0.29) is 16.2 Å². The molecule has 0 heterocycles. The summed E-state index contributed by atoms with van der Waals surface area (Å²) in [7, 11) is 0. The fourth-order valence-corrected chi connectivity index (χ4v) is 2.23. The van der Waals surface area contributed by atoms with E-state index in [1.54, 1.807) is 18.2 Å². The molecule has 0 radical (unpaired) electrons. The highest BCUT2D eigenvalue weighted by Crippen LogP contribution is 2.21. The van der Waals surface area contributed by atoms with Crippen LogP contribution in [0.2, 0.25) is 0 Å². The Balaban J connectivity index is 2.76. The van der Waals surface area contributed by atoms with Crippen LogP contribution >= 0.6 is 23.5 Å². The van der Waals surface area contributed by atoms with E-state index >= 15 is 0 Å². The van der Waals surface area contributed by atoms with E-state index in [1.165, 1.54) is 0 Å². The molecule has 6 N–H and O–H groups in total. The van der Waals surface area contributed by atoms with Gasteiger partial charge in [0.1, 0.15) is 5.82 Å². The summed E-state index contributed by atoms with van der Waals surface area (Å²) in [6.07, 6.45) is 0. The van der Waals surface area contributed by atoms with Crippen molar-refractivity contribution in [2.75, 3.05) is 0 Å². The van der Waals surface area contributed by atoms with E-state index in [0.717, 1.165) is 23.5 Å². The predicted octanol–water partition coefficient (Wildman–Crippen LogP) is 2.08. The molecular weight excluding hydrogens is 259 g/mol. The average Bonchev–Trinajstić information content (AvgIpc) is 2.25. The molecule has 0 aliphatic carbocycles. The van der Waals surface area contributed by atoms with Gasteiger partial charge in [0.2, 0.25) is 0 Å². The molecule has 1 aromatic carbocycles. The summed E-state index contributed by atoms with van der Waals surface area (Å²) in [6, 6.07) is 5.07. The Morgan fingerprint density at radius 1 is 1.06 bits per heavy atom. The SMILES string of the molecule is N=C(N)SCc1cccc(CSC(=N)N)c1F. The van der Waals surface area contributed by atoms with E-state index in [2.05, 4.69) is 0 Å². The van der Waals surface area contributed by atoms with Crippen molar-refractivity contribution >= 4 is 33.9 Å². The van der Waals surface area contributed by atoms with Gasteiger partial charge in [-0.05, 0) is 11.1 Å². The number of benzene rings is 1. The minimum absolute atomic E-state index is 0.0343. The zero-order valence-corrected chi connectivity index (χ0v) is 10.6. The van der Waals surface area contributed by atoms with Crippen molar-refractivity contribution < 1.29 is 4.39 Å². The molecule has 0 saturated heterocycles. The lowest BCUT2D eigenvalue weighted by molar-refractivity contribution is 0.607. The molecule has 92 valence electrons. The number of rotatable bonds is 4.